The van der Waals surface area contributed by atoms with E-state index >= 15 is 0 Å². The molecule has 0 saturated heterocycles. The third-order valence-electron chi connectivity index (χ3n) is 5.29. The molecule has 2 aromatic heterocycles. The number of benzene rings is 1. The molecule has 180 valence electrons. The van der Waals surface area contributed by atoms with Gasteiger partial charge in [0.2, 0.25) is 0 Å². The van der Waals surface area contributed by atoms with Gasteiger partial charge in [-0.05, 0) is 38.3 Å². The van der Waals surface area contributed by atoms with Gasteiger partial charge in [0.15, 0.2) is 17.8 Å². The van der Waals surface area contributed by atoms with Crippen LogP contribution in [0.4, 0.5) is 5.82 Å². The zero-order valence-corrected chi connectivity index (χ0v) is 19.7. The van der Waals surface area contributed by atoms with Gasteiger partial charge < -0.3 is 24.3 Å². The van der Waals surface area contributed by atoms with Gasteiger partial charge in [0, 0.05) is 0 Å². The summed E-state index contributed by atoms with van der Waals surface area (Å²) in [7, 11) is -3.69. The minimum Gasteiger partial charge on any atom is -0.484 e. The summed E-state index contributed by atoms with van der Waals surface area (Å²) in [5.41, 5.74) is 6.81. The molecule has 1 aliphatic rings. The molecule has 12 heteroatoms. The average molecular weight is 486 g/mol. The Hall–Kier alpha value is -3.43. The minimum absolute atomic E-state index is 0.0787. The van der Waals surface area contributed by atoms with E-state index in [2.05, 4.69) is 26.6 Å². The maximum Gasteiger partial charge on any atom is 0.354 e. The van der Waals surface area contributed by atoms with Crippen molar-refractivity contribution in [1.82, 2.24) is 24.6 Å². The number of nitrogens with zero attached hydrogens (tertiary/aromatic N) is 4. The van der Waals surface area contributed by atoms with Gasteiger partial charge in [-0.2, -0.15) is 0 Å². The molecule has 1 aliphatic carbocycles. The molecule has 2 atom stereocenters. The number of rotatable bonds is 11. The molecule has 3 N–H and O–H groups in total. The number of carbonyl (C=O) groups is 1. The van der Waals surface area contributed by atoms with E-state index in [9.17, 15) is 9.36 Å². The van der Waals surface area contributed by atoms with E-state index in [1.165, 1.54) is 6.33 Å². The highest BCUT2D eigenvalue weighted by Gasteiger charge is 2.33. The quantitative estimate of drug-likeness (QED) is 0.235. The molecule has 34 heavy (non-hydrogen) atoms. The van der Waals surface area contributed by atoms with Crippen LogP contribution >= 0.6 is 7.52 Å². The number of anilines is 1. The molecule has 1 saturated carbocycles. The van der Waals surface area contributed by atoms with Crippen molar-refractivity contribution in [2.75, 3.05) is 12.1 Å². The summed E-state index contributed by atoms with van der Waals surface area (Å²) in [4.78, 5) is 24.7. The lowest BCUT2D eigenvalue weighted by Crippen LogP contribution is -2.38. The lowest BCUT2D eigenvalue weighted by molar-refractivity contribution is -0.154. The van der Waals surface area contributed by atoms with Crippen LogP contribution in [0.15, 0.2) is 55.3 Å². The highest BCUT2D eigenvalue weighted by molar-refractivity contribution is 7.57. The Kier molecular flexibility index (Phi) is 7.14. The maximum atomic E-state index is 13.7. The molecule has 1 unspecified atom stereocenters. The Balaban J connectivity index is 1.42. The van der Waals surface area contributed by atoms with Gasteiger partial charge in [0.25, 0.3) is 0 Å². The number of nitrogens with one attached hydrogen (secondary N) is 1. The molecule has 0 radical (unpaired) electrons. The number of allylic oxidation sites excluding steroid dienone is 1. The lowest BCUT2D eigenvalue weighted by atomic mass is 9.96. The highest BCUT2D eigenvalue weighted by atomic mass is 31.2. The first-order valence-electron chi connectivity index (χ1n) is 10.9. The van der Waals surface area contributed by atoms with E-state index in [4.69, 9.17) is 19.7 Å². The molecular formula is C22H27N6O5P. The van der Waals surface area contributed by atoms with Crippen molar-refractivity contribution in [3.05, 3.63) is 55.3 Å². The Bertz CT molecular complexity index is 1210. The molecule has 4 rings (SSSR count). The molecule has 2 heterocycles. The molecular weight excluding hydrogens is 459 g/mol. The number of hydrogen-bond donors (Lipinski definition) is 2. The molecule has 11 nitrogen and oxygen atoms in total. The van der Waals surface area contributed by atoms with Crippen molar-refractivity contribution in [1.29, 1.82) is 0 Å². The second kappa shape index (κ2) is 10.2. The average Bonchev–Trinajstić information content (AvgIpc) is 3.19. The van der Waals surface area contributed by atoms with Crippen molar-refractivity contribution < 1.29 is 23.4 Å². The highest BCUT2D eigenvalue weighted by Crippen LogP contribution is 2.44. The van der Waals surface area contributed by atoms with Crippen molar-refractivity contribution in [2.45, 2.75) is 44.9 Å². The molecule has 0 aliphatic heterocycles. The van der Waals surface area contributed by atoms with Crippen LogP contribution in [0.25, 0.3) is 11.2 Å². The summed E-state index contributed by atoms with van der Waals surface area (Å²) in [6, 6.07) is 7.80. The molecule has 1 aromatic carbocycles. The van der Waals surface area contributed by atoms with Crippen molar-refractivity contribution in [3.8, 4) is 5.75 Å². The lowest BCUT2D eigenvalue weighted by Gasteiger charge is -2.28. The van der Waals surface area contributed by atoms with Gasteiger partial charge in [-0.25, -0.2) is 20.0 Å². The molecule has 0 spiro atoms. The third kappa shape index (κ3) is 5.73. The Morgan fingerprint density at radius 2 is 2.06 bits per heavy atom. The normalized spacial score (nSPS) is 16.3. The summed E-state index contributed by atoms with van der Waals surface area (Å²) in [6.45, 7) is 5.67. The number of nitrogen functional groups attached to an aromatic ring is 1. The predicted molar refractivity (Wildman–Crippen MR) is 126 cm³/mol. The van der Waals surface area contributed by atoms with Crippen molar-refractivity contribution in [3.63, 3.8) is 0 Å². The fourth-order valence-corrected chi connectivity index (χ4v) is 4.96. The number of esters is 1. The van der Waals surface area contributed by atoms with Gasteiger partial charge in [-0.15, -0.1) is 0 Å². The summed E-state index contributed by atoms with van der Waals surface area (Å²) >= 11 is 0. The number of hydrogen-bond acceptors (Lipinski definition) is 9. The molecule has 1 fully saturated rings. The predicted octanol–water partition coefficient (Wildman–Crippen LogP) is 3.24. The van der Waals surface area contributed by atoms with Crippen molar-refractivity contribution in [2.24, 2.45) is 0 Å². The van der Waals surface area contributed by atoms with Crippen LogP contribution in [0.1, 0.15) is 26.2 Å². The summed E-state index contributed by atoms with van der Waals surface area (Å²) in [5.74, 6) is 0.449. The molecule has 0 bridgehead atoms. The summed E-state index contributed by atoms with van der Waals surface area (Å²) in [5, 5.41) is 2.78. The second-order valence-corrected chi connectivity index (χ2v) is 10.1. The fourth-order valence-electron chi connectivity index (χ4n) is 3.27. The first-order chi connectivity index (χ1) is 16.3. The number of imidazole rings is 1. The zero-order valence-electron chi connectivity index (χ0n) is 18.8. The number of aromatic nitrogens is 4. The smallest absolute Gasteiger partial charge is 0.354 e. The fraction of sp³-hybridized carbons (Fsp3) is 0.364. The van der Waals surface area contributed by atoms with Crippen molar-refractivity contribution >= 4 is 30.5 Å². The van der Waals surface area contributed by atoms with Gasteiger partial charge in [0.05, 0.1) is 12.9 Å². The van der Waals surface area contributed by atoms with Crippen LogP contribution in [0.3, 0.4) is 0 Å². The van der Waals surface area contributed by atoms with E-state index in [1.807, 2.05) is 6.07 Å². The second-order valence-electron chi connectivity index (χ2n) is 8.03. The minimum atomic E-state index is -3.69. The zero-order chi connectivity index (χ0) is 24.1. The SMILES string of the molecule is C=C(Cn1cnc2c(N)ncnc21)OCP(=O)(N[C@@H](C)C(=O)OC1CCC1)Oc1ccccc1. The van der Waals surface area contributed by atoms with Crippen LogP contribution in [-0.2, 0) is 25.4 Å². The van der Waals surface area contributed by atoms with Gasteiger partial charge in [0.1, 0.15) is 35.5 Å². The van der Waals surface area contributed by atoms with E-state index < -0.39 is 19.5 Å². The number of nitrogens with two attached hydrogens (primary N) is 1. The van der Waals surface area contributed by atoms with Crippen LogP contribution in [0.5, 0.6) is 5.75 Å². The van der Waals surface area contributed by atoms with Gasteiger partial charge in [-0.3, -0.25) is 9.36 Å². The van der Waals surface area contributed by atoms with Crippen LogP contribution in [-0.4, -0.2) is 44.0 Å². The van der Waals surface area contributed by atoms with Crippen LogP contribution < -0.4 is 15.3 Å². The number of ether oxygens (including phenoxy) is 2. The Morgan fingerprint density at radius 1 is 1.29 bits per heavy atom. The first-order valence-corrected chi connectivity index (χ1v) is 12.7. The maximum absolute atomic E-state index is 13.7. The summed E-state index contributed by atoms with van der Waals surface area (Å²) < 4.78 is 32.2. The van der Waals surface area contributed by atoms with Crippen LogP contribution in [0.2, 0.25) is 0 Å². The molecule has 3 aromatic rings. The Morgan fingerprint density at radius 3 is 2.76 bits per heavy atom. The largest absolute Gasteiger partial charge is 0.484 e. The summed E-state index contributed by atoms with van der Waals surface area (Å²) in [6.07, 6.45) is 5.18. The number of para-hydroxylation sites is 1. The standard InChI is InChI=1S/C22H27N6O5P/c1-15(11-28-13-26-19-20(23)24-12-25-21(19)28)31-14-34(30,33-18-7-4-3-5-8-18)27-16(2)22(29)32-17-9-6-10-17/h3-5,7-8,12-13,16-17H,1,6,9-11,14H2,2H3,(H,27,30)(H2,23,24,25)/t16-,34?/m0/s1. The van der Waals surface area contributed by atoms with E-state index in [0.29, 0.717) is 22.7 Å². The third-order valence-corrected chi connectivity index (χ3v) is 7.05. The van der Waals surface area contributed by atoms with E-state index in [1.54, 1.807) is 42.1 Å². The van der Waals surface area contributed by atoms with Gasteiger partial charge in [-0.1, -0.05) is 24.8 Å². The molecule has 0 amide bonds. The monoisotopic (exact) mass is 486 g/mol. The first kappa shape index (κ1) is 23.7. The Labute approximate surface area is 196 Å². The number of fused-ring (bicyclic) bond motifs is 1. The topological polar surface area (TPSA) is 143 Å². The van der Waals surface area contributed by atoms with E-state index in [-0.39, 0.29) is 24.8 Å². The van der Waals surface area contributed by atoms with Gasteiger partial charge >= 0.3 is 13.5 Å². The van der Waals surface area contributed by atoms with Crippen LogP contribution in [0, 0.1) is 0 Å². The van der Waals surface area contributed by atoms with E-state index in [0.717, 1.165) is 19.3 Å². The number of carbonyl (C=O) groups excluding carboxylic acids is 1.